The zero-order valence-corrected chi connectivity index (χ0v) is 13.6. The smallest absolute Gasteiger partial charge is 0.202 e. The van der Waals surface area contributed by atoms with Crippen molar-refractivity contribution in [2.45, 2.75) is 63.2 Å². The van der Waals surface area contributed by atoms with E-state index in [2.05, 4.69) is 32.2 Å². The van der Waals surface area contributed by atoms with E-state index in [1.165, 1.54) is 37.0 Å². The fraction of sp³-hybridized carbons (Fsp3) is 0.647. The minimum absolute atomic E-state index is 0.141. The molecule has 1 aliphatic rings. The molecule has 0 spiro atoms. The first-order valence-corrected chi connectivity index (χ1v) is 8.87. The summed E-state index contributed by atoms with van der Waals surface area (Å²) in [7, 11) is 0. The molecule has 0 saturated heterocycles. The molecule has 0 heterocycles. The Balaban J connectivity index is 1.93. The summed E-state index contributed by atoms with van der Waals surface area (Å²) in [4.78, 5) is 1.26. The van der Waals surface area contributed by atoms with Gasteiger partial charge in [-0.05, 0) is 43.4 Å². The van der Waals surface area contributed by atoms with Gasteiger partial charge >= 0.3 is 0 Å². The van der Waals surface area contributed by atoms with Gasteiger partial charge in [0, 0.05) is 10.8 Å². The van der Waals surface area contributed by atoms with Gasteiger partial charge in [0.05, 0.1) is 6.10 Å². The Kier molecular flexibility index (Phi) is 6.24. The Bertz CT molecular complexity index is 382. The molecule has 1 unspecified atom stereocenters. The molecule has 3 heteroatoms. The highest BCUT2D eigenvalue weighted by Gasteiger charge is 2.22. The van der Waals surface area contributed by atoms with Crippen LogP contribution in [0.1, 0.15) is 46.0 Å². The highest BCUT2D eigenvalue weighted by Crippen LogP contribution is 2.26. The van der Waals surface area contributed by atoms with Crippen LogP contribution in [0.15, 0.2) is 29.2 Å². The van der Waals surface area contributed by atoms with E-state index in [-0.39, 0.29) is 6.29 Å². The molecule has 1 fully saturated rings. The van der Waals surface area contributed by atoms with Crippen molar-refractivity contribution in [2.75, 3.05) is 6.26 Å². The Hall–Kier alpha value is -0.670. The van der Waals surface area contributed by atoms with E-state index >= 15 is 0 Å². The second-order valence-corrected chi connectivity index (χ2v) is 6.68. The third-order valence-electron chi connectivity index (χ3n) is 3.73. The lowest BCUT2D eigenvalue weighted by Crippen LogP contribution is -2.32. The van der Waals surface area contributed by atoms with Crippen LogP contribution in [0.4, 0.5) is 0 Å². The molecule has 20 heavy (non-hydrogen) atoms. The summed E-state index contributed by atoms with van der Waals surface area (Å²) in [6.07, 6.45) is 8.60. The van der Waals surface area contributed by atoms with Gasteiger partial charge in [0.1, 0.15) is 5.75 Å². The lowest BCUT2D eigenvalue weighted by atomic mass is 9.97. The van der Waals surface area contributed by atoms with E-state index in [9.17, 15) is 0 Å². The first-order valence-electron chi connectivity index (χ1n) is 7.65. The molecule has 0 aromatic heterocycles. The largest absolute Gasteiger partial charge is 0.465 e. The van der Waals surface area contributed by atoms with Crippen LogP contribution >= 0.6 is 11.8 Å². The van der Waals surface area contributed by atoms with Crippen molar-refractivity contribution < 1.29 is 9.47 Å². The highest BCUT2D eigenvalue weighted by molar-refractivity contribution is 7.98. The van der Waals surface area contributed by atoms with Gasteiger partial charge in [0.2, 0.25) is 6.29 Å². The summed E-state index contributed by atoms with van der Waals surface area (Å²) >= 11 is 1.74. The predicted octanol–water partition coefficient (Wildman–Crippen LogP) is 5.12. The van der Waals surface area contributed by atoms with Crippen LogP contribution in [-0.4, -0.2) is 18.6 Å². The molecule has 0 radical (unpaired) electrons. The molecule has 0 bridgehead atoms. The highest BCUT2D eigenvalue weighted by atomic mass is 32.2. The van der Waals surface area contributed by atoms with E-state index in [4.69, 9.17) is 9.47 Å². The molecule has 2 rings (SSSR count). The Morgan fingerprint density at radius 2 is 1.70 bits per heavy atom. The van der Waals surface area contributed by atoms with Crippen LogP contribution in [0.3, 0.4) is 0 Å². The molecular weight excluding hydrogens is 268 g/mol. The van der Waals surface area contributed by atoms with Gasteiger partial charge in [-0.15, -0.1) is 11.8 Å². The van der Waals surface area contributed by atoms with Crippen LogP contribution in [-0.2, 0) is 4.74 Å². The van der Waals surface area contributed by atoms with Crippen molar-refractivity contribution in [3.8, 4) is 5.75 Å². The van der Waals surface area contributed by atoms with Gasteiger partial charge in [-0.1, -0.05) is 33.1 Å². The molecule has 1 aromatic carbocycles. The summed E-state index contributed by atoms with van der Waals surface area (Å²) in [5.74, 6) is 1.26. The van der Waals surface area contributed by atoms with E-state index in [0.29, 0.717) is 12.0 Å². The van der Waals surface area contributed by atoms with Crippen molar-refractivity contribution in [1.29, 1.82) is 0 Å². The molecule has 2 nitrogen and oxygen atoms in total. The minimum atomic E-state index is -0.141. The fourth-order valence-electron chi connectivity index (χ4n) is 2.50. The second-order valence-electron chi connectivity index (χ2n) is 5.80. The number of hydrogen-bond acceptors (Lipinski definition) is 3. The van der Waals surface area contributed by atoms with Gasteiger partial charge in [0.25, 0.3) is 0 Å². The molecule has 0 aliphatic heterocycles. The van der Waals surface area contributed by atoms with Crippen molar-refractivity contribution in [1.82, 2.24) is 0 Å². The summed E-state index contributed by atoms with van der Waals surface area (Å²) < 4.78 is 12.2. The number of ether oxygens (including phenoxy) is 2. The van der Waals surface area contributed by atoms with Gasteiger partial charge in [-0.3, -0.25) is 0 Å². The number of hydrogen-bond donors (Lipinski definition) is 0. The van der Waals surface area contributed by atoms with Crippen molar-refractivity contribution in [3.63, 3.8) is 0 Å². The Morgan fingerprint density at radius 3 is 2.25 bits per heavy atom. The summed E-state index contributed by atoms with van der Waals surface area (Å²) in [5, 5.41) is 0. The SMILES string of the molecule is CSc1ccc(OC(OC2CCCCC2)C(C)C)cc1. The zero-order chi connectivity index (χ0) is 14.4. The maximum atomic E-state index is 6.19. The molecule has 1 atom stereocenters. The third kappa shape index (κ3) is 4.71. The lowest BCUT2D eigenvalue weighted by Gasteiger charge is -2.30. The Labute approximate surface area is 127 Å². The standard InChI is InChI=1S/C17H26O2S/c1-13(2)17(18-14-7-5-4-6-8-14)19-15-9-11-16(20-3)12-10-15/h9-14,17H,4-8H2,1-3H3. The average molecular weight is 294 g/mol. The van der Waals surface area contributed by atoms with Crippen LogP contribution in [0.25, 0.3) is 0 Å². The Morgan fingerprint density at radius 1 is 1.05 bits per heavy atom. The maximum absolute atomic E-state index is 6.19. The lowest BCUT2D eigenvalue weighted by molar-refractivity contribution is -0.150. The van der Waals surface area contributed by atoms with Gasteiger partial charge in [0.15, 0.2) is 0 Å². The minimum Gasteiger partial charge on any atom is -0.465 e. The first-order chi connectivity index (χ1) is 9.69. The topological polar surface area (TPSA) is 18.5 Å². The average Bonchev–Trinajstić information content (AvgIpc) is 2.48. The first kappa shape index (κ1) is 15.7. The van der Waals surface area contributed by atoms with E-state index < -0.39 is 0 Å². The molecule has 0 amide bonds. The number of rotatable bonds is 6. The summed E-state index contributed by atoms with van der Waals surface area (Å²) in [6, 6.07) is 8.26. The zero-order valence-electron chi connectivity index (χ0n) is 12.8. The second kappa shape index (κ2) is 7.94. The normalized spacial score (nSPS) is 18.2. The number of benzene rings is 1. The van der Waals surface area contributed by atoms with Crippen molar-refractivity contribution >= 4 is 11.8 Å². The van der Waals surface area contributed by atoms with E-state index in [1.54, 1.807) is 11.8 Å². The van der Waals surface area contributed by atoms with E-state index in [0.717, 1.165) is 5.75 Å². The third-order valence-corrected chi connectivity index (χ3v) is 4.48. The van der Waals surface area contributed by atoms with E-state index in [1.807, 2.05) is 12.1 Å². The van der Waals surface area contributed by atoms with Crippen molar-refractivity contribution in [3.05, 3.63) is 24.3 Å². The summed E-state index contributed by atoms with van der Waals surface area (Å²) in [6.45, 7) is 4.31. The maximum Gasteiger partial charge on any atom is 0.202 e. The van der Waals surface area contributed by atoms with Gasteiger partial charge in [-0.25, -0.2) is 0 Å². The quantitative estimate of drug-likeness (QED) is 0.536. The molecule has 1 aliphatic carbocycles. The number of thioether (sulfide) groups is 1. The van der Waals surface area contributed by atoms with Crippen LogP contribution < -0.4 is 4.74 Å². The van der Waals surface area contributed by atoms with Gasteiger partial charge < -0.3 is 9.47 Å². The molecule has 0 N–H and O–H groups in total. The molecule has 1 aromatic rings. The molecular formula is C17H26O2S. The molecule has 112 valence electrons. The monoisotopic (exact) mass is 294 g/mol. The van der Waals surface area contributed by atoms with Crippen LogP contribution in [0.2, 0.25) is 0 Å². The predicted molar refractivity (Wildman–Crippen MR) is 85.4 cm³/mol. The fourth-order valence-corrected chi connectivity index (χ4v) is 2.91. The summed E-state index contributed by atoms with van der Waals surface area (Å²) in [5.41, 5.74) is 0. The van der Waals surface area contributed by atoms with Gasteiger partial charge in [-0.2, -0.15) is 0 Å². The van der Waals surface area contributed by atoms with Crippen LogP contribution in [0, 0.1) is 5.92 Å². The molecule has 1 saturated carbocycles. The van der Waals surface area contributed by atoms with Crippen LogP contribution in [0.5, 0.6) is 5.75 Å². The van der Waals surface area contributed by atoms with Crippen molar-refractivity contribution in [2.24, 2.45) is 5.92 Å².